The first kappa shape index (κ1) is 15.3. The van der Waals surface area contributed by atoms with Crippen LogP contribution in [-0.2, 0) is 9.53 Å². The Labute approximate surface area is 121 Å². The van der Waals surface area contributed by atoms with Crippen LogP contribution in [0.2, 0.25) is 0 Å². The first-order valence-corrected chi connectivity index (χ1v) is 6.74. The number of hydrogen-bond acceptors (Lipinski definition) is 6. The Balaban J connectivity index is 2.00. The molecule has 6 nitrogen and oxygen atoms in total. The van der Waals surface area contributed by atoms with Crippen LogP contribution >= 0.6 is 0 Å². The Bertz CT molecular complexity index is 553. The third kappa shape index (κ3) is 3.74. The summed E-state index contributed by atoms with van der Waals surface area (Å²) < 4.78 is 4.93. The summed E-state index contributed by atoms with van der Waals surface area (Å²) >= 11 is 0. The molecule has 21 heavy (non-hydrogen) atoms. The van der Waals surface area contributed by atoms with Crippen molar-refractivity contribution in [2.75, 3.05) is 0 Å². The van der Waals surface area contributed by atoms with Crippen LogP contribution in [0.5, 0.6) is 11.5 Å². The summed E-state index contributed by atoms with van der Waals surface area (Å²) in [5.74, 6) is -3.18. The normalized spacial score (nSPS) is 25.9. The third-order valence-corrected chi connectivity index (χ3v) is 3.47. The highest BCUT2D eigenvalue weighted by Crippen LogP contribution is 2.30. The minimum absolute atomic E-state index is 0.202. The van der Waals surface area contributed by atoms with Gasteiger partial charge in [-0.05, 0) is 36.6 Å². The van der Waals surface area contributed by atoms with E-state index in [1.165, 1.54) is 24.3 Å². The molecule has 1 aliphatic rings. The molecule has 6 heteroatoms. The average Bonchev–Trinajstić information content (AvgIpc) is 2.44. The minimum Gasteiger partial charge on any atom is -0.504 e. The van der Waals surface area contributed by atoms with E-state index in [0.717, 1.165) is 12.5 Å². The molecule has 0 spiro atoms. The molecule has 1 aromatic rings. The van der Waals surface area contributed by atoms with Crippen LogP contribution in [0.4, 0.5) is 0 Å². The van der Waals surface area contributed by atoms with Gasteiger partial charge >= 0.3 is 5.97 Å². The standard InChI is InChI=1S/C15H18O6/c16-11-6-4-10(9-12(11)17)5-7-14(19)21-15(20)8-2-1-3-13(15)18/h4-7,9,13,16-18,20H,1-3,8H2/t13-,15-/m1/s1. The number of carbonyl (C=O) groups excluding carboxylic acids is 1. The molecule has 0 saturated heterocycles. The van der Waals surface area contributed by atoms with E-state index in [1.54, 1.807) is 0 Å². The van der Waals surface area contributed by atoms with Crippen LogP contribution < -0.4 is 0 Å². The number of aliphatic hydroxyl groups excluding tert-OH is 1. The zero-order valence-corrected chi connectivity index (χ0v) is 11.4. The molecule has 1 fully saturated rings. The Morgan fingerprint density at radius 1 is 1.29 bits per heavy atom. The Kier molecular flexibility index (Phi) is 4.50. The fourth-order valence-corrected chi connectivity index (χ4v) is 2.24. The Morgan fingerprint density at radius 3 is 2.71 bits per heavy atom. The van der Waals surface area contributed by atoms with Gasteiger partial charge in [0.05, 0.1) is 0 Å². The second-order valence-corrected chi connectivity index (χ2v) is 5.11. The van der Waals surface area contributed by atoms with Crippen molar-refractivity contribution in [1.82, 2.24) is 0 Å². The number of aliphatic hydroxyl groups is 2. The highest BCUT2D eigenvalue weighted by molar-refractivity contribution is 5.87. The Morgan fingerprint density at radius 2 is 2.05 bits per heavy atom. The van der Waals surface area contributed by atoms with Crippen LogP contribution in [0.25, 0.3) is 6.08 Å². The Hall–Kier alpha value is -2.05. The van der Waals surface area contributed by atoms with E-state index in [0.29, 0.717) is 18.4 Å². The van der Waals surface area contributed by atoms with E-state index in [1.807, 2.05) is 0 Å². The fraction of sp³-hybridized carbons (Fsp3) is 0.400. The van der Waals surface area contributed by atoms with Crippen LogP contribution in [0.15, 0.2) is 24.3 Å². The van der Waals surface area contributed by atoms with Crippen molar-refractivity contribution in [3.05, 3.63) is 29.8 Å². The SMILES string of the molecule is O=C(C=Cc1ccc(O)c(O)c1)O[C@]1(O)CCCC[C@H]1O. The van der Waals surface area contributed by atoms with Crippen molar-refractivity contribution in [3.63, 3.8) is 0 Å². The molecule has 0 heterocycles. The van der Waals surface area contributed by atoms with Gasteiger partial charge in [0.15, 0.2) is 11.5 Å². The van der Waals surface area contributed by atoms with E-state index in [2.05, 4.69) is 0 Å². The van der Waals surface area contributed by atoms with Gasteiger partial charge in [-0.1, -0.05) is 12.5 Å². The van der Waals surface area contributed by atoms with Crippen molar-refractivity contribution >= 4 is 12.0 Å². The lowest BCUT2D eigenvalue weighted by molar-refractivity contribution is -0.255. The van der Waals surface area contributed by atoms with Crippen molar-refractivity contribution in [3.8, 4) is 11.5 Å². The monoisotopic (exact) mass is 294 g/mol. The molecule has 2 atom stereocenters. The van der Waals surface area contributed by atoms with Gasteiger partial charge in [-0.25, -0.2) is 4.79 Å². The number of rotatable bonds is 3. The molecule has 1 saturated carbocycles. The highest BCUT2D eigenvalue weighted by atomic mass is 16.7. The fourth-order valence-electron chi connectivity index (χ4n) is 2.24. The smallest absolute Gasteiger partial charge is 0.333 e. The van der Waals surface area contributed by atoms with Crippen molar-refractivity contribution < 1.29 is 30.0 Å². The van der Waals surface area contributed by atoms with Gasteiger partial charge in [0.1, 0.15) is 6.10 Å². The molecule has 1 aromatic carbocycles. The maximum absolute atomic E-state index is 11.7. The van der Waals surface area contributed by atoms with Crippen LogP contribution in [0.1, 0.15) is 31.2 Å². The maximum Gasteiger partial charge on any atom is 0.333 e. The summed E-state index contributed by atoms with van der Waals surface area (Å²) in [6, 6.07) is 4.07. The van der Waals surface area contributed by atoms with Crippen LogP contribution in [-0.4, -0.2) is 38.3 Å². The molecule has 0 amide bonds. The zero-order chi connectivity index (χ0) is 15.5. The molecule has 0 unspecified atom stereocenters. The summed E-state index contributed by atoms with van der Waals surface area (Å²) in [6.07, 6.45) is 3.43. The number of phenolic OH excluding ortho intramolecular Hbond substituents is 2. The van der Waals surface area contributed by atoms with Gasteiger partial charge < -0.3 is 25.2 Å². The second-order valence-electron chi connectivity index (χ2n) is 5.11. The third-order valence-electron chi connectivity index (χ3n) is 3.47. The number of benzene rings is 1. The lowest BCUT2D eigenvalue weighted by atomic mass is 9.91. The predicted octanol–water partition coefficient (Wildman–Crippen LogP) is 1.28. The van der Waals surface area contributed by atoms with Gasteiger partial charge in [0.25, 0.3) is 0 Å². The van der Waals surface area contributed by atoms with Gasteiger partial charge in [-0.2, -0.15) is 0 Å². The molecule has 0 radical (unpaired) electrons. The zero-order valence-electron chi connectivity index (χ0n) is 11.4. The largest absolute Gasteiger partial charge is 0.504 e. The average molecular weight is 294 g/mol. The van der Waals surface area contributed by atoms with Crippen molar-refractivity contribution in [1.29, 1.82) is 0 Å². The number of phenols is 2. The van der Waals surface area contributed by atoms with E-state index in [4.69, 9.17) is 4.74 Å². The number of esters is 1. The van der Waals surface area contributed by atoms with E-state index >= 15 is 0 Å². The van der Waals surface area contributed by atoms with Gasteiger partial charge in [-0.3, -0.25) is 0 Å². The summed E-state index contributed by atoms with van der Waals surface area (Å²) in [7, 11) is 0. The number of ether oxygens (including phenoxy) is 1. The first-order chi connectivity index (χ1) is 9.90. The van der Waals surface area contributed by atoms with Crippen molar-refractivity contribution in [2.45, 2.75) is 37.6 Å². The van der Waals surface area contributed by atoms with Crippen molar-refractivity contribution in [2.24, 2.45) is 0 Å². The van der Waals surface area contributed by atoms with E-state index < -0.39 is 17.9 Å². The lowest BCUT2D eigenvalue weighted by Gasteiger charge is -2.35. The lowest BCUT2D eigenvalue weighted by Crippen LogP contribution is -2.48. The molecule has 4 N–H and O–H groups in total. The second kappa shape index (κ2) is 6.15. The summed E-state index contributed by atoms with van der Waals surface area (Å²) in [5, 5.41) is 38.3. The van der Waals surface area contributed by atoms with Gasteiger partial charge in [-0.15, -0.1) is 0 Å². The van der Waals surface area contributed by atoms with E-state index in [9.17, 15) is 25.2 Å². The van der Waals surface area contributed by atoms with E-state index in [-0.39, 0.29) is 17.9 Å². The number of aromatic hydroxyl groups is 2. The van der Waals surface area contributed by atoms with Crippen LogP contribution in [0.3, 0.4) is 0 Å². The van der Waals surface area contributed by atoms with Crippen LogP contribution in [0, 0.1) is 0 Å². The molecule has 114 valence electrons. The molecule has 2 rings (SSSR count). The molecular weight excluding hydrogens is 276 g/mol. The van der Waals surface area contributed by atoms with Gasteiger partial charge in [0.2, 0.25) is 5.79 Å². The molecule has 0 bridgehead atoms. The summed E-state index contributed by atoms with van der Waals surface area (Å²) in [4.78, 5) is 11.7. The van der Waals surface area contributed by atoms with Gasteiger partial charge in [0, 0.05) is 12.5 Å². The number of hydrogen-bond donors (Lipinski definition) is 4. The highest BCUT2D eigenvalue weighted by Gasteiger charge is 2.41. The molecule has 1 aliphatic carbocycles. The first-order valence-electron chi connectivity index (χ1n) is 6.74. The topological polar surface area (TPSA) is 107 Å². The molecule has 0 aliphatic heterocycles. The molecule has 0 aromatic heterocycles. The maximum atomic E-state index is 11.7. The quantitative estimate of drug-likeness (QED) is 0.289. The summed E-state index contributed by atoms with van der Waals surface area (Å²) in [6.45, 7) is 0. The molecular formula is C15H18O6. The summed E-state index contributed by atoms with van der Waals surface area (Å²) in [5.41, 5.74) is 0.485. The predicted molar refractivity (Wildman–Crippen MR) is 74.3 cm³/mol. The minimum atomic E-state index is -1.84. The number of carbonyl (C=O) groups is 1.